The molecule has 1 unspecified atom stereocenters. The van der Waals surface area contributed by atoms with Gasteiger partial charge in [-0.1, -0.05) is 0 Å². The van der Waals surface area contributed by atoms with Crippen LogP contribution in [0.2, 0.25) is 0 Å². The van der Waals surface area contributed by atoms with Gasteiger partial charge in [0.1, 0.15) is 11.5 Å². The molecule has 0 amide bonds. The number of benzene rings is 1. The lowest BCUT2D eigenvalue weighted by molar-refractivity contribution is 0.0292. The first-order chi connectivity index (χ1) is 12.7. The second kappa shape index (κ2) is 9.83. The fourth-order valence-electron chi connectivity index (χ4n) is 4.12. The normalized spacial score (nSPS) is 23.1. The van der Waals surface area contributed by atoms with E-state index in [0.29, 0.717) is 6.04 Å². The van der Waals surface area contributed by atoms with Gasteiger partial charge in [0.2, 0.25) is 0 Å². The van der Waals surface area contributed by atoms with Crippen molar-refractivity contribution in [3.05, 3.63) is 23.8 Å². The van der Waals surface area contributed by atoms with Crippen LogP contribution < -0.4 is 9.47 Å². The monoisotopic (exact) mass is 380 g/mol. The number of hydrogen-bond donors (Lipinski definition) is 1. The molecule has 0 saturated carbocycles. The van der Waals surface area contributed by atoms with Crippen LogP contribution in [0.3, 0.4) is 0 Å². The summed E-state index contributed by atoms with van der Waals surface area (Å²) in [6.07, 6.45) is 3.45. The van der Waals surface area contributed by atoms with Crippen molar-refractivity contribution in [1.29, 1.82) is 0 Å². The summed E-state index contributed by atoms with van der Waals surface area (Å²) >= 11 is 2.08. The number of hydrogen-bond acceptors (Lipinski definition) is 6. The maximum absolute atomic E-state index is 9.57. The molecule has 0 aliphatic carbocycles. The summed E-state index contributed by atoms with van der Waals surface area (Å²) in [6, 6.07) is 7.22. The van der Waals surface area contributed by atoms with Crippen LogP contribution in [-0.2, 0) is 6.54 Å². The number of methoxy groups -OCH3 is 2. The number of piperazine rings is 1. The zero-order valence-corrected chi connectivity index (χ0v) is 16.8. The minimum atomic E-state index is 0.247. The van der Waals surface area contributed by atoms with E-state index >= 15 is 0 Å². The van der Waals surface area contributed by atoms with Gasteiger partial charge in [-0.15, -0.1) is 0 Å². The van der Waals surface area contributed by atoms with Gasteiger partial charge >= 0.3 is 0 Å². The molecule has 26 heavy (non-hydrogen) atoms. The van der Waals surface area contributed by atoms with Crippen LogP contribution in [0.1, 0.15) is 24.8 Å². The molecule has 2 fully saturated rings. The molecule has 2 saturated heterocycles. The lowest BCUT2D eigenvalue weighted by Crippen LogP contribution is -2.56. The number of aliphatic hydroxyl groups is 1. The van der Waals surface area contributed by atoms with Crippen molar-refractivity contribution in [3.63, 3.8) is 0 Å². The fraction of sp³-hybridized carbons (Fsp3) is 0.700. The Morgan fingerprint density at radius 1 is 1.08 bits per heavy atom. The van der Waals surface area contributed by atoms with E-state index in [1.165, 1.54) is 29.9 Å². The molecule has 1 atom stereocenters. The number of thioether (sulfide) groups is 1. The van der Waals surface area contributed by atoms with Gasteiger partial charge in [0.05, 0.1) is 14.2 Å². The van der Waals surface area contributed by atoms with Crippen molar-refractivity contribution in [2.45, 2.75) is 37.9 Å². The molecular weight excluding hydrogens is 348 g/mol. The Balaban J connectivity index is 1.67. The predicted molar refractivity (Wildman–Crippen MR) is 107 cm³/mol. The second-order valence-electron chi connectivity index (χ2n) is 7.20. The molecule has 0 aromatic heterocycles. The first kappa shape index (κ1) is 19.8. The number of ether oxygens (including phenoxy) is 2. The maximum Gasteiger partial charge on any atom is 0.122 e. The van der Waals surface area contributed by atoms with E-state index in [9.17, 15) is 5.11 Å². The molecule has 2 heterocycles. The van der Waals surface area contributed by atoms with Crippen molar-refractivity contribution in [2.24, 2.45) is 0 Å². The average Bonchev–Trinajstić information content (AvgIpc) is 2.69. The van der Waals surface area contributed by atoms with E-state index in [4.69, 9.17) is 9.47 Å². The van der Waals surface area contributed by atoms with E-state index in [1.54, 1.807) is 14.2 Å². The van der Waals surface area contributed by atoms with E-state index in [2.05, 4.69) is 33.7 Å². The van der Waals surface area contributed by atoms with E-state index in [0.717, 1.165) is 50.1 Å². The quantitative estimate of drug-likeness (QED) is 0.784. The molecule has 146 valence electrons. The molecule has 1 aromatic rings. The summed E-state index contributed by atoms with van der Waals surface area (Å²) < 4.78 is 10.8. The zero-order chi connectivity index (χ0) is 18.4. The van der Waals surface area contributed by atoms with Gasteiger partial charge in [0.25, 0.3) is 0 Å². The Labute approximate surface area is 161 Å². The SMILES string of the molecule is COc1cc(CN2CCN(C3CCSCC3)CC2CCO)cc(OC)c1. The molecule has 3 rings (SSSR count). The molecule has 0 spiro atoms. The fourth-order valence-corrected chi connectivity index (χ4v) is 5.20. The van der Waals surface area contributed by atoms with Gasteiger partial charge in [0, 0.05) is 50.9 Å². The summed E-state index contributed by atoms with van der Waals surface area (Å²) in [5.41, 5.74) is 1.20. The predicted octanol–water partition coefficient (Wildman–Crippen LogP) is 2.47. The van der Waals surface area contributed by atoms with Gasteiger partial charge in [-0.2, -0.15) is 11.8 Å². The molecule has 1 aromatic carbocycles. The highest BCUT2D eigenvalue weighted by molar-refractivity contribution is 7.99. The van der Waals surface area contributed by atoms with Crippen molar-refractivity contribution in [1.82, 2.24) is 9.80 Å². The highest BCUT2D eigenvalue weighted by Gasteiger charge is 2.31. The van der Waals surface area contributed by atoms with Crippen LogP contribution in [0.25, 0.3) is 0 Å². The van der Waals surface area contributed by atoms with Crippen LogP contribution in [-0.4, -0.2) is 79.0 Å². The van der Waals surface area contributed by atoms with E-state index in [-0.39, 0.29) is 6.61 Å². The van der Waals surface area contributed by atoms with Crippen molar-refractivity contribution in [3.8, 4) is 11.5 Å². The summed E-state index contributed by atoms with van der Waals surface area (Å²) in [5.74, 6) is 4.24. The Hall–Kier alpha value is -0.950. The van der Waals surface area contributed by atoms with Gasteiger partial charge in [-0.25, -0.2) is 0 Å². The van der Waals surface area contributed by atoms with Crippen molar-refractivity contribution >= 4 is 11.8 Å². The van der Waals surface area contributed by atoms with Gasteiger partial charge in [0.15, 0.2) is 0 Å². The summed E-state index contributed by atoms with van der Waals surface area (Å²) in [6.45, 7) is 4.35. The molecular formula is C20H32N2O3S. The minimum Gasteiger partial charge on any atom is -0.497 e. The zero-order valence-electron chi connectivity index (χ0n) is 16.0. The van der Waals surface area contributed by atoms with Crippen LogP contribution in [0.4, 0.5) is 0 Å². The van der Waals surface area contributed by atoms with Crippen molar-refractivity contribution in [2.75, 3.05) is 52.0 Å². The number of rotatable bonds is 7. The number of nitrogens with zero attached hydrogens (tertiary/aromatic N) is 2. The maximum atomic E-state index is 9.57. The lowest BCUT2D eigenvalue weighted by atomic mass is 10.0. The summed E-state index contributed by atoms with van der Waals surface area (Å²) in [4.78, 5) is 5.18. The highest BCUT2D eigenvalue weighted by atomic mass is 32.2. The van der Waals surface area contributed by atoms with Crippen molar-refractivity contribution < 1.29 is 14.6 Å². The first-order valence-corrected chi connectivity index (χ1v) is 10.8. The Bertz CT molecular complexity index is 544. The standard InChI is InChI=1S/C20H32N2O3S/c1-24-19-11-16(12-20(13-19)25-2)14-21-6-7-22(15-18(21)3-8-23)17-4-9-26-10-5-17/h11-13,17-18,23H,3-10,14-15H2,1-2H3. The molecule has 0 radical (unpaired) electrons. The third-order valence-electron chi connectivity index (χ3n) is 5.60. The van der Waals surface area contributed by atoms with Gasteiger partial charge in [-0.05, 0) is 48.5 Å². The Morgan fingerprint density at radius 2 is 1.77 bits per heavy atom. The Kier molecular flexibility index (Phi) is 7.49. The van der Waals surface area contributed by atoms with Gasteiger partial charge in [-0.3, -0.25) is 9.80 Å². The first-order valence-electron chi connectivity index (χ1n) is 9.62. The second-order valence-corrected chi connectivity index (χ2v) is 8.42. The minimum absolute atomic E-state index is 0.247. The third-order valence-corrected chi connectivity index (χ3v) is 6.65. The summed E-state index contributed by atoms with van der Waals surface area (Å²) in [5, 5.41) is 9.57. The molecule has 1 N–H and O–H groups in total. The van der Waals surface area contributed by atoms with E-state index < -0.39 is 0 Å². The van der Waals surface area contributed by atoms with E-state index in [1.807, 2.05) is 6.07 Å². The Morgan fingerprint density at radius 3 is 2.38 bits per heavy atom. The third kappa shape index (κ3) is 5.06. The van der Waals surface area contributed by atoms with Crippen LogP contribution in [0, 0.1) is 0 Å². The van der Waals surface area contributed by atoms with Crippen LogP contribution >= 0.6 is 11.8 Å². The largest absolute Gasteiger partial charge is 0.497 e. The lowest BCUT2D eigenvalue weighted by Gasteiger charge is -2.45. The van der Waals surface area contributed by atoms with Crippen LogP contribution in [0.15, 0.2) is 18.2 Å². The smallest absolute Gasteiger partial charge is 0.122 e. The molecule has 5 nitrogen and oxygen atoms in total. The highest BCUT2D eigenvalue weighted by Crippen LogP contribution is 2.27. The molecule has 0 bridgehead atoms. The average molecular weight is 381 g/mol. The molecule has 6 heteroatoms. The van der Waals surface area contributed by atoms with Gasteiger partial charge < -0.3 is 14.6 Å². The topological polar surface area (TPSA) is 45.2 Å². The molecule has 2 aliphatic rings. The summed E-state index contributed by atoms with van der Waals surface area (Å²) in [7, 11) is 3.38. The number of aliphatic hydroxyl groups excluding tert-OH is 1. The molecule has 2 aliphatic heterocycles. The van der Waals surface area contributed by atoms with Crippen LogP contribution in [0.5, 0.6) is 11.5 Å².